The molecule has 110 valence electrons. The van der Waals surface area contributed by atoms with Crippen LogP contribution in [-0.2, 0) is 13.6 Å². The summed E-state index contributed by atoms with van der Waals surface area (Å²) in [5.74, 6) is 0.704. The number of aryl methyl sites for hydroxylation is 1. The summed E-state index contributed by atoms with van der Waals surface area (Å²) in [5.41, 5.74) is 2.49. The minimum absolute atomic E-state index is 0.201. The molecule has 1 heterocycles. The molecule has 0 amide bonds. The number of fused-ring (bicyclic) bond motifs is 1. The standard InChI is InChI=1S/C16H24ClN3/c1-4-16(5-2,11-17)12-18-10-14-13-8-6-7-9-15(13)20(3)19-14/h6-9,18H,4-5,10-12H2,1-3H3. The third kappa shape index (κ3) is 2.99. The van der Waals surface area contributed by atoms with Crippen LogP contribution >= 0.6 is 11.6 Å². The first-order valence-electron chi connectivity index (χ1n) is 7.33. The summed E-state index contributed by atoms with van der Waals surface area (Å²) in [4.78, 5) is 0. The fraction of sp³-hybridized carbons (Fsp3) is 0.562. The highest BCUT2D eigenvalue weighted by atomic mass is 35.5. The third-order valence-corrected chi connectivity index (χ3v) is 4.98. The van der Waals surface area contributed by atoms with E-state index in [2.05, 4.69) is 42.5 Å². The van der Waals surface area contributed by atoms with Gasteiger partial charge in [-0.2, -0.15) is 5.10 Å². The average molecular weight is 294 g/mol. The van der Waals surface area contributed by atoms with Crippen molar-refractivity contribution in [3.8, 4) is 0 Å². The quantitative estimate of drug-likeness (QED) is 0.789. The Kier molecular flexibility index (Phi) is 5.06. The number of nitrogens with one attached hydrogen (secondary N) is 1. The van der Waals surface area contributed by atoms with Crippen LogP contribution in [0.1, 0.15) is 32.4 Å². The summed E-state index contributed by atoms with van der Waals surface area (Å²) >= 11 is 6.15. The van der Waals surface area contributed by atoms with Gasteiger partial charge in [0.05, 0.1) is 11.2 Å². The maximum atomic E-state index is 6.15. The van der Waals surface area contributed by atoms with Crippen LogP contribution in [0.25, 0.3) is 10.9 Å². The van der Waals surface area contributed by atoms with Crippen LogP contribution in [0.4, 0.5) is 0 Å². The van der Waals surface area contributed by atoms with Gasteiger partial charge in [-0.05, 0) is 24.3 Å². The smallest absolute Gasteiger partial charge is 0.0841 e. The monoisotopic (exact) mass is 293 g/mol. The molecule has 0 atom stereocenters. The van der Waals surface area contributed by atoms with Gasteiger partial charge in [0.15, 0.2) is 0 Å². The first kappa shape index (κ1) is 15.3. The first-order valence-corrected chi connectivity index (χ1v) is 7.86. The SMILES string of the molecule is CCC(CC)(CCl)CNCc1nn(C)c2ccccc12. The van der Waals surface area contributed by atoms with Crippen LogP contribution in [0.2, 0.25) is 0 Å². The molecular formula is C16H24ClN3. The van der Waals surface area contributed by atoms with Crippen molar-refractivity contribution < 1.29 is 0 Å². The molecule has 0 fully saturated rings. The molecule has 2 rings (SSSR count). The summed E-state index contributed by atoms with van der Waals surface area (Å²) in [6.45, 7) is 6.15. The number of benzene rings is 1. The normalized spacial score (nSPS) is 12.2. The van der Waals surface area contributed by atoms with E-state index < -0.39 is 0 Å². The Morgan fingerprint density at radius 2 is 1.95 bits per heavy atom. The third-order valence-electron chi connectivity index (χ3n) is 4.41. The molecule has 0 saturated heterocycles. The molecule has 0 saturated carbocycles. The average Bonchev–Trinajstić information content (AvgIpc) is 2.81. The molecule has 0 bridgehead atoms. The zero-order chi connectivity index (χ0) is 14.6. The predicted octanol–water partition coefficient (Wildman–Crippen LogP) is 3.71. The number of nitrogens with zero attached hydrogens (tertiary/aromatic N) is 2. The minimum atomic E-state index is 0.201. The van der Waals surface area contributed by atoms with Crippen LogP contribution in [-0.4, -0.2) is 22.2 Å². The lowest BCUT2D eigenvalue weighted by Gasteiger charge is -2.29. The van der Waals surface area contributed by atoms with Gasteiger partial charge in [-0.25, -0.2) is 0 Å². The summed E-state index contributed by atoms with van der Waals surface area (Å²) in [7, 11) is 1.99. The first-order chi connectivity index (χ1) is 9.65. The van der Waals surface area contributed by atoms with Crippen molar-refractivity contribution in [3.63, 3.8) is 0 Å². The Morgan fingerprint density at radius 3 is 2.60 bits per heavy atom. The lowest BCUT2D eigenvalue weighted by atomic mass is 9.84. The van der Waals surface area contributed by atoms with Crippen molar-refractivity contribution >= 4 is 22.5 Å². The number of para-hydroxylation sites is 1. The highest BCUT2D eigenvalue weighted by Gasteiger charge is 2.24. The summed E-state index contributed by atoms with van der Waals surface area (Å²) in [6, 6.07) is 8.35. The van der Waals surface area contributed by atoms with Gasteiger partial charge in [-0.1, -0.05) is 32.0 Å². The van der Waals surface area contributed by atoms with E-state index in [0.717, 1.165) is 31.6 Å². The number of halogens is 1. The maximum absolute atomic E-state index is 6.15. The number of hydrogen-bond donors (Lipinski definition) is 1. The van der Waals surface area contributed by atoms with Crippen LogP contribution in [0.3, 0.4) is 0 Å². The molecule has 4 heteroatoms. The molecule has 0 aliphatic carbocycles. The highest BCUT2D eigenvalue weighted by Crippen LogP contribution is 2.27. The second-order valence-electron chi connectivity index (χ2n) is 5.53. The van der Waals surface area contributed by atoms with Gasteiger partial charge in [0, 0.05) is 31.4 Å². The van der Waals surface area contributed by atoms with E-state index in [4.69, 9.17) is 11.6 Å². The van der Waals surface area contributed by atoms with E-state index in [1.54, 1.807) is 0 Å². The van der Waals surface area contributed by atoms with Crippen molar-refractivity contribution in [2.45, 2.75) is 33.2 Å². The van der Waals surface area contributed by atoms with Gasteiger partial charge in [-0.3, -0.25) is 4.68 Å². The Balaban J connectivity index is 2.06. The second kappa shape index (κ2) is 6.59. The Morgan fingerprint density at radius 1 is 1.25 bits per heavy atom. The van der Waals surface area contributed by atoms with E-state index in [-0.39, 0.29) is 5.41 Å². The maximum Gasteiger partial charge on any atom is 0.0841 e. The molecule has 3 nitrogen and oxygen atoms in total. The van der Waals surface area contributed by atoms with Gasteiger partial charge in [-0.15, -0.1) is 11.6 Å². The van der Waals surface area contributed by atoms with E-state index in [9.17, 15) is 0 Å². The zero-order valence-corrected chi connectivity index (χ0v) is 13.4. The molecule has 1 aromatic heterocycles. The van der Waals surface area contributed by atoms with Crippen LogP contribution in [0, 0.1) is 5.41 Å². The number of hydrogen-bond acceptors (Lipinski definition) is 2. The molecular weight excluding hydrogens is 270 g/mol. The van der Waals surface area contributed by atoms with E-state index >= 15 is 0 Å². The van der Waals surface area contributed by atoms with E-state index in [1.165, 1.54) is 10.9 Å². The fourth-order valence-corrected chi connectivity index (χ4v) is 3.07. The summed E-state index contributed by atoms with van der Waals surface area (Å²) in [5, 5.41) is 9.38. The number of alkyl halides is 1. The van der Waals surface area contributed by atoms with Gasteiger partial charge in [0.1, 0.15) is 0 Å². The van der Waals surface area contributed by atoms with E-state index in [1.807, 2.05) is 17.8 Å². The molecule has 0 radical (unpaired) electrons. The van der Waals surface area contributed by atoms with E-state index in [0.29, 0.717) is 5.88 Å². The second-order valence-corrected chi connectivity index (χ2v) is 5.80. The molecule has 20 heavy (non-hydrogen) atoms. The molecule has 1 aromatic carbocycles. The molecule has 0 spiro atoms. The van der Waals surface area contributed by atoms with Crippen LogP contribution in [0.5, 0.6) is 0 Å². The molecule has 1 N–H and O–H groups in total. The minimum Gasteiger partial charge on any atom is -0.310 e. The van der Waals surface area contributed by atoms with Gasteiger partial charge in [0.2, 0.25) is 0 Å². The number of aromatic nitrogens is 2. The Bertz CT molecular complexity index is 550. The lowest BCUT2D eigenvalue weighted by molar-refractivity contribution is 0.285. The number of rotatable bonds is 7. The van der Waals surface area contributed by atoms with Crippen molar-refractivity contribution in [2.24, 2.45) is 12.5 Å². The fourth-order valence-electron chi connectivity index (χ4n) is 2.60. The van der Waals surface area contributed by atoms with Crippen molar-refractivity contribution in [1.29, 1.82) is 0 Å². The van der Waals surface area contributed by atoms with Crippen molar-refractivity contribution in [1.82, 2.24) is 15.1 Å². The molecule has 2 aromatic rings. The molecule has 0 unspecified atom stereocenters. The molecule has 0 aliphatic rings. The molecule has 0 aliphatic heterocycles. The van der Waals surface area contributed by atoms with Crippen LogP contribution < -0.4 is 5.32 Å². The Labute approximate surface area is 126 Å². The summed E-state index contributed by atoms with van der Waals surface area (Å²) in [6.07, 6.45) is 2.20. The largest absolute Gasteiger partial charge is 0.310 e. The van der Waals surface area contributed by atoms with Crippen molar-refractivity contribution in [2.75, 3.05) is 12.4 Å². The lowest BCUT2D eigenvalue weighted by Crippen LogP contribution is -2.34. The van der Waals surface area contributed by atoms with Crippen molar-refractivity contribution in [3.05, 3.63) is 30.0 Å². The highest BCUT2D eigenvalue weighted by molar-refractivity contribution is 6.18. The zero-order valence-electron chi connectivity index (χ0n) is 12.6. The van der Waals surface area contributed by atoms with Crippen LogP contribution in [0.15, 0.2) is 24.3 Å². The van der Waals surface area contributed by atoms with Gasteiger partial charge >= 0.3 is 0 Å². The predicted molar refractivity (Wildman–Crippen MR) is 86.2 cm³/mol. The van der Waals surface area contributed by atoms with Gasteiger partial charge in [0.25, 0.3) is 0 Å². The van der Waals surface area contributed by atoms with Gasteiger partial charge < -0.3 is 5.32 Å². The topological polar surface area (TPSA) is 29.9 Å². The Hall–Kier alpha value is -1.06. The summed E-state index contributed by atoms with van der Waals surface area (Å²) < 4.78 is 1.95.